The number of benzene rings is 3. The van der Waals surface area contributed by atoms with Gasteiger partial charge in [-0.2, -0.15) is 4.98 Å². The quantitative estimate of drug-likeness (QED) is 0.489. The maximum atomic E-state index is 5.97. The van der Waals surface area contributed by atoms with E-state index >= 15 is 0 Å². The lowest BCUT2D eigenvalue weighted by molar-refractivity contribution is 0.212. The van der Waals surface area contributed by atoms with Gasteiger partial charge >= 0.3 is 0 Å². The highest BCUT2D eigenvalue weighted by Crippen LogP contribution is 2.29. The number of oxazole rings is 1. The third-order valence-electron chi connectivity index (χ3n) is 6.89. The van der Waals surface area contributed by atoms with Crippen molar-refractivity contribution in [1.82, 2.24) is 20.7 Å². The number of nitrogens with zero attached hydrogens (tertiary/aromatic N) is 3. The molecule has 2 saturated heterocycles. The second-order valence-electron chi connectivity index (χ2n) is 9.00. The molecule has 0 spiro atoms. The highest BCUT2D eigenvalue weighted by Gasteiger charge is 2.31. The second-order valence-corrected chi connectivity index (χ2v) is 9.00. The Hall–Kier alpha value is -3.19. The standard InChI is InChI=1S/C27H29N5O/c1-2-6-20(7-3-1)21-10-12-22(13-11-21)26-23(18-28-30-26)19-31-14-16-32(17-15-31)27-29-24-8-4-5-9-25(24)33-27/h1-13,23,26,28,30H,14-19H2. The Morgan fingerprint density at radius 3 is 2.33 bits per heavy atom. The van der Waals surface area contributed by atoms with Crippen LogP contribution in [0.1, 0.15) is 11.6 Å². The van der Waals surface area contributed by atoms with Crippen molar-refractivity contribution >= 4 is 17.1 Å². The first-order chi connectivity index (χ1) is 16.3. The highest BCUT2D eigenvalue weighted by molar-refractivity contribution is 5.74. The zero-order valence-corrected chi connectivity index (χ0v) is 18.7. The van der Waals surface area contributed by atoms with Crippen LogP contribution in [0.4, 0.5) is 6.01 Å². The molecule has 6 heteroatoms. The van der Waals surface area contributed by atoms with Gasteiger partial charge in [0, 0.05) is 45.2 Å². The molecule has 168 valence electrons. The summed E-state index contributed by atoms with van der Waals surface area (Å²) in [6.45, 7) is 5.99. The lowest BCUT2D eigenvalue weighted by atomic mass is 9.92. The molecule has 33 heavy (non-hydrogen) atoms. The molecule has 2 fully saturated rings. The minimum absolute atomic E-state index is 0.324. The maximum absolute atomic E-state index is 5.97. The minimum atomic E-state index is 0.324. The normalized spacial score (nSPS) is 21.6. The van der Waals surface area contributed by atoms with Crippen LogP contribution in [0.3, 0.4) is 0 Å². The summed E-state index contributed by atoms with van der Waals surface area (Å²) in [5, 5.41) is 0. The van der Waals surface area contributed by atoms with Crippen molar-refractivity contribution in [1.29, 1.82) is 0 Å². The van der Waals surface area contributed by atoms with Crippen LogP contribution in [0.5, 0.6) is 0 Å². The van der Waals surface area contributed by atoms with Crippen LogP contribution in [0, 0.1) is 5.92 Å². The molecule has 0 amide bonds. The molecule has 0 bridgehead atoms. The van der Waals surface area contributed by atoms with Gasteiger partial charge < -0.3 is 9.32 Å². The first-order valence-corrected chi connectivity index (χ1v) is 11.8. The second kappa shape index (κ2) is 8.98. The highest BCUT2D eigenvalue weighted by atomic mass is 16.4. The number of hydrogen-bond donors (Lipinski definition) is 2. The maximum Gasteiger partial charge on any atom is 0.298 e. The fraction of sp³-hybridized carbons (Fsp3) is 0.296. The summed E-state index contributed by atoms with van der Waals surface area (Å²) in [5.41, 5.74) is 12.6. The van der Waals surface area contributed by atoms with Crippen LogP contribution in [0.25, 0.3) is 22.2 Å². The van der Waals surface area contributed by atoms with E-state index in [0.717, 1.165) is 56.4 Å². The summed E-state index contributed by atoms with van der Waals surface area (Å²) >= 11 is 0. The van der Waals surface area contributed by atoms with E-state index in [-0.39, 0.29) is 0 Å². The molecule has 2 atom stereocenters. The van der Waals surface area contributed by atoms with Gasteiger partial charge in [0.15, 0.2) is 5.58 Å². The summed E-state index contributed by atoms with van der Waals surface area (Å²) in [7, 11) is 0. The zero-order chi connectivity index (χ0) is 22.0. The number of para-hydroxylation sites is 2. The van der Waals surface area contributed by atoms with Gasteiger partial charge in [0.2, 0.25) is 0 Å². The smallest absolute Gasteiger partial charge is 0.298 e. The molecule has 0 aliphatic carbocycles. The molecule has 0 radical (unpaired) electrons. The molecule has 6 nitrogen and oxygen atoms in total. The number of hydrogen-bond acceptors (Lipinski definition) is 6. The number of piperazine rings is 1. The van der Waals surface area contributed by atoms with E-state index in [9.17, 15) is 0 Å². The van der Waals surface area contributed by atoms with Gasteiger partial charge in [-0.05, 0) is 28.8 Å². The van der Waals surface area contributed by atoms with Gasteiger partial charge in [-0.1, -0.05) is 66.7 Å². The number of fused-ring (bicyclic) bond motifs is 1. The first kappa shape index (κ1) is 20.4. The monoisotopic (exact) mass is 439 g/mol. The predicted octanol–water partition coefficient (Wildman–Crippen LogP) is 4.08. The van der Waals surface area contributed by atoms with Crippen molar-refractivity contribution < 1.29 is 4.42 Å². The molecular formula is C27H29N5O. The van der Waals surface area contributed by atoms with Crippen LogP contribution in [-0.4, -0.2) is 49.2 Å². The Kier molecular flexibility index (Phi) is 5.56. The molecule has 4 aromatic rings. The van der Waals surface area contributed by atoms with Gasteiger partial charge in [0.25, 0.3) is 6.01 Å². The van der Waals surface area contributed by atoms with Crippen LogP contribution in [0.15, 0.2) is 83.3 Å². The van der Waals surface area contributed by atoms with Gasteiger partial charge in [0.05, 0.1) is 6.04 Å². The Balaban J connectivity index is 1.08. The van der Waals surface area contributed by atoms with Crippen LogP contribution in [-0.2, 0) is 0 Å². The summed E-state index contributed by atoms with van der Waals surface area (Å²) < 4.78 is 5.97. The van der Waals surface area contributed by atoms with Crippen molar-refractivity contribution in [3.05, 3.63) is 84.4 Å². The number of anilines is 1. The molecule has 2 N–H and O–H groups in total. The Bertz CT molecular complexity index is 1170. The van der Waals surface area contributed by atoms with E-state index in [2.05, 4.69) is 80.2 Å². The van der Waals surface area contributed by atoms with E-state index in [1.165, 1.54) is 16.7 Å². The number of hydrazine groups is 1. The van der Waals surface area contributed by atoms with E-state index in [1.54, 1.807) is 0 Å². The van der Waals surface area contributed by atoms with Crippen molar-refractivity contribution in [3.63, 3.8) is 0 Å². The fourth-order valence-corrected chi connectivity index (χ4v) is 5.02. The third kappa shape index (κ3) is 4.25. The molecule has 2 aliphatic rings. The summed E-state index contributed by atoms with van der Waals surface area (Å²) in [4.78, 5) is 9.50. The molecule has 3 aromatic carbocycles. The Morgan fingerprint density at radius 1 is 0.818 bits per heavy atom. The molecule has 1 aromatic heterocycles. The average molecular weight is 440 g/mol. The third-order valence-corrected chi connectivity index (χ3v) is 6.89. The van der Waals surface area contributed by atoms with Gasteiger partial charge in [-0.15, -0.1) is 0 Å². The topological polar surface area (TPSA) is 56.6 Å². The molecule has 2 unspecified atom stereocenters. The predicted molar refractivity (Wildman–Crippen MR) is 132 cm³/mol. The SMILES string of the molecule is c1ccc(-c2ccc(C3NNCC3CN3CCN(c4nc5ccccc5o4)CC3)cc2)cc1. The number of rotatable bonds is 5. The molecule has 6 rings (SSSR count). The minimum Gasteiger partial charge on any atom is -0.423 e. The number of nitrogens with one attached hydrogen (secondary N) is 2. The average Bonchev–Trinajstić information content (AvgIpc) is 3.52. The van der Waals surface area contributed by atoms with Gasteiger partial charge in [-0.25, -0.2) is 5.43 Å². The zero-order valence-electron chi connectivity index (χ0n) is 18.7. The van der Waals surface area contributed by atoms with Crippen LogP contribution >= 0.6 is 0 Å². The Morgan fingerprint density at radius 2 is 1.55 bits per heavy atom. The lowest BCUT2D eigenvalue weighted by Gasteiger charge is -2.35. The van der Waals surface area contributed by atoms with Crippen molar-refractivity contribution in [3.8, 4) is 11.1 Å². The largest absolute Gasteiger partial charge is 0.423 e. The van der Waals surface area contributed by atoms with Crippen LogP contribution < -0.4 is 15.8 Å². The van der Waals surface area contributed by atoms with Crippen LogP contribution in [0.2, 0.25) is 0 Å². The van der Waals surface area contributed by atoms with Crippen molar-refractivity contribution in [2.75, 3.05) is 44.2 Å². The summed E-state index contributed by atoms with van der Waals surface area (Å²) in [6, 6.07) is 28.6. The van der Waals surface area contributed by atoms with E-state index < -0.39 is 0 Å². The molecule has 3 heterocycles. The van der Waals surface area contributed by atoms with E-state index in [0.29, 0.717) is 12.0 Å². The number of aromatic nitrogens is 1. The first-order valence-electron chi connectivity index (χ1n) is 11.8. The summed E-state index contributed by atoms with van der Waals surface area (Å²) in [5.74, 6) is 0.531. The van der Waals surface area contributed by atoms with Crippen molar-refractivity contribution in [2.45, 2.75) is 6.04 Å². The van der Waals surface area contributed by atoms with Crippen molar-refractivity contribution in [2.24, 2.45) is 5.92 Å². The van der Waals surface area contributed by atoms with Gasteiger partial charge in [0.1, 0.15) is 5.52 Å². The Labute approximate surface area is 194 Å². The molecular weight excluding hydrogens is 410 g/mol. The molecule has 0 saturated carbocycles. The van der Waals surface area contributed by atoms with Gasteiger partial charge in [-0.3, -0.25) is 10.3 Å². The summed E-state index contributed by atoms with van der Waals surface area (Å²) in [6.07, 6.45) is 0. The van der Waals surface area contributed by atoms with E-state index in [1.807, 2.05) is 24.3 Å². The van der Waals surface area contributed by atoms with E-state index in [4.69, 9.17) is 4.42 Å². The fourth-order valence-electron chi connectivity index (χ4n) is 5.02. The molecule has 2 aliphatic heterocycles. The lowest BCUT2D eigenvalue weighted by Crippen LogP contribution is -2.48.